The van der Waals surface area contributed by atoms with Gasteiger partial charge in [-0.05, 0) is 24.7 Å². The molecule has 0 heterocycles. The van der Waals surface area contributed by atoms with Crippen molar-refractivity contribution in [3.63, 3.8) is 0 Å². The van der Waals surface area contributed by atoms with Gasteiger partial charge in [0.15, 0.2) is 0 Å². The molecule has 13 heavy (non-hydrogen) atoms. The van der Waals surface area contributed by atoms with Crippen LogP contribution in [0.4, 0.5) is 0 Å². The Morgan fingerprint density at radius 1 is 1.77 bits per heavy atom. The van der Waals surface area contributed by atoms with Crippen LogP contribution >= 0.6 is 0 Å². The van der Waals surface area contributed by atoms with Crippen molar-refractivity contribution in [3.05, 3.63) is 12.7 Å². The van der Waals surface area contributed by atoms with Crippen LogP contribution in [0.2, 0.25) is 0 Å². The fourth-order valence-corrected chi connectivity index (χ4v) is 1.65. The first kappa shape index (κ1) is 10.3. The smallest absolute Gasteiger partial charge is 0.302 e. The van der Waals surface area contributed by atoms with E-state index in [2.05, 4.69) is 6.58 Å². The Kier molecular flexibility index (Phi) is 3.48. The highest BCUT2D eigenvalue weighted by Gasteiger charge is 2.35. The van der Waals surface area contributed by atoms with E-state index in [0.717, 1.165) is 12.8 Å². The molecule has 0 bridgehead atoms. The Morgan fingerprint density at radius 3 is 2.85 bits per heavy atom. The van der Waals surface area contributed by atoms with Crippen molar-refractivity contribution in [1.82, 2.24) is 0 Å². The van der Waals surface area contributed by atoms with E-state index in [1.165, 1.54) is 6.92 Å². The molecular formula is C10H16O3. The van der Waals surface area contributed by atoms with E-state index in [-0.39, 0.29) is 11.9 Å². The maximum Gasteiger partial charge on any atom is 0.302 e. The molecule has 1 aliphatic carbocycles. The largest absolute Gasteiger partial charge is 0.466 e. The quantitative estimate of drug-likeness (QED) is 0.526. The number of esters is 1. The summed E-state index contributed by atoms with van der Waals surface area (Å²) in [6, 6.07) is 0. The molecular weight excluding hydrogens is 168 g/mol. The predicted octanol–water partition coefficient (Wildman–Crippen LogP) is 1.12. The average Bonchev–Trinajstić information content (AvgIpc) is 2.01. The zero-order valence-corrected chi connectivity index (χ0v) is 7.90. The summed E-state index contributed by atoms with van der Waals surface area (Å²) in [6.07, 6.45) is 3.13. The standard InChI is InChI=1S/C10H16O3/c1-3-10(12)9-5-4-8(9)6-13-7(2)11/h3,8-10,12H,1,4-6H2,2H3/t8-,9+,10?/m0/s1. The fraction of sp³-hybridized carbons (Fsp3) is 0.700. The van der Waals surface area contributed by atoms with Crippen molar-refractivity contribution in [3.8, 4) is 0 Å². The Balaban J connectivity index is 2.28. The van der Waals surface area contributed by atoms with Gasteiger partial charge in [-0.15, -0.1) is 6.58 Å². The van der Waals surface area contributed by atoms with Gasteiger partial charge in [0.05, 0.1) is 12.7 Å². The zero-order chi connectivity index (χ0) is 9.84. The highest BCUT2D eigenvalue weighted by molar-refractivity contribution is 5.65. The fourth-order valence-electron chi connectivity index (χ4n) is 1.65. The first-order valence-electron chi connectivity index (χ1n) is 4.59. The first-order chi connectivity index (χ1) is 6.15. The third kappa shape index (κ3) is 2.56. The Labute approximate surface area is 78.4 Å². The molecule has 0 aromatic carbocycles. The van der Waals surface area contributed by atoms with Crippen LogP contribution < -0.4 is 0 Å². The lowest BCUT2D eigenvalue weighted by molar-refractivity contribution is -0.145. The molecule has 1 saturated carbocycles. The molecule has 1 N–H and O–H groups in total. The van der Waals surface area contributed by atoms with Crippen LogP contribution in [0.1, 0.15) is 19.8 Å². The average molecular weight is 184 g/mol. The third-order valence-electron chi connectivity index (χ3n) is 2.66. The van der Waals surface area contributed by atoms with Gasteiger partial charge in [-0.1, -0.05) is 6.08 Å². The molecule has 0 amide bonds. The molecule has 0 aromatic heterocycles. The van der Waals surface area contributed by atoms with Crippen molar-refractivity contribution in [2.24, 2.45) is 11.8 Å². The van der Waals surface area contributed by atoms with E-state index in [1.54, 1.807) is 6.08 Å². The molecule has 1 unspecified atom stereocenters. The Hall–Kier alpha value is -0.830. The molecule has 0 saturated heterocycles. The lowest BCUT2D eigenvalue weighted by Gasteiger charge is -2.38. The van der Waals surface area contributed by atoms with Gasteiger partial charge in [0.1, 0.15) is 0 Å². The second kappa shape index (κ2) is 4.42. The minimum atomic E-state index is -0.450. The van der Waals surface area contributed by atoms with Crippen molar-refractivity contribution < 1.29 is 14.6 Å². The summed E-state index contributed by atoms with van der Waals surface area (Å²) in [5, 5.41) is 9.45. The van der Waals surface area contributed by atoms with Crippen LogP contribution in [0.3, 0.4) is 0 Å². The van der Waals surface area contributed by atoms with Gasteiger partial charge >= 0.3 is 5.97 Å². The monoisotopic (exact) mass is 184 g/mol. The number of ether oxygens (including phenoxy) is 1. The van der Waals surface area contributed by atoms with Crippen molar-refractivity contribution in [1.29, 1.82) is 0 Å². The predicted molar refractivity (Wildman–Crippen MR) is 49.1 cm³/mol. The molecule has 1 aliphatic rings. The van der Waals surface area contributed by atoms with Gasteiger partial charge < -0.3 is 9.84 Å². The lowest BCUT2D eigenvalue weighted by atomic mass is 9.71. The summed E-state index contributed by atoms with van der Waals surface area (Å²) >= 11 is 0. The van der Waals surface area contributed by atoms with Crippen LogP contribution in [0.5, 0.6) is 0 Å². The van der Waals surface area contributed by atoms with Gasteiger partial charge in [-0.2, -0.15) is 0 Å². The maximum absolute atomic E-state index is 10.5. The van der Waals surface area contributed by atoms with Gasteiger partial charge in [-0.3, -0.25) is 4.79 Å². The summed E-state index contributed by atoms with van der Waals surface area (Å²) < 4.78 is 4.89. The number of aliphatic hydroxyl groups excluding tert-OH is 1. The maximum atomic E-state index is 10.5. The number of hydrogen-bond donors (Lipinski definition) is 1. The minimum absolute atomic E-state index is 0.233. The zero-order valence-electron chi connectivity index (χ0n) is 7.90. The van der Waals surface area contributed by atoms with Crippen LogP contribution in [-0.4, -0.2) is 23.8 Å². The first-order valence-corrected chi connectivity index (χ1v) is 4.59. The molecule has 1 fully saturated rings. The third-order valence-corrected chi connectivity index (χ3v) is 2.66. The van der Waals surface area contributed by atoms with Crippen LogP contribution in [0.25, 0.3) is 0 Å². The number of carbonyl (C=O) groups excluding carboxylic acids is 1. The molecule has 0 spiro atoms. The molecule has 1 rings (SSSR count). The Bertz CT molecular complexity index is 200. The van der Waals surface area contributed by atoms with Crippen LogP contribution in [0.15, 0.2) is 12.7 Å². The number of rotatable bonds is 4. The Morgan fingerprint density at radius 2 is 2.46 bits per heavy atom. The molecule has 74 valence electrons. The van der Waals surface area contributed by atoms with E-state index in [1.807, 2.05) is 0 Å². The summed E-state index contributed by atoms with van der Waals surface area (Å²) in [5.74, 6) is 0.299. The van der Waals surface area contributed by atoms with Crippen molar-refractivity contribution in [2.75, 3.05) is 6.61 Å². The topological polar surface area (TPSA) is 46.5 Å². The minimum Gasteiger partial charge on any atom is -0.466 e. The second-order valence-electron chi connectivity index (χ2n) is 3.53. The van der Waals surface area contributed by atoms with Gasteiger partial charge in [0, 0.05) is 6.92 Å². The number of carbonyl (C=O) groups is 1. The SMILES string of the molecule is C=CC(O)[C@@H]1CC[C@H]1COC(C)=O. The van der Waals surface area contributed by atoms with E-state index >= 15 is 0 Å². The number of hydrogen-bond acceptors (Lipinski definition) is 3. The summed E-state index contributed by atoms with van der Waals surface area (Å²) in [5.41, 5.74) is 0. The van der Waals surface area contributed by atoms with Crippen molar-refractivity contribution >= 4 is 5.97 Å². The highest BCUT2D eigenvalue weighted by Crippen LogP contribution is 2.37. The van der Waals surface area contributed by atoms with E-state index < -0.39 is 6.10 Å². The molecule has 3 nitrogen and oxygen atoms in total. The molecule has 0 radical (unpaired) electrons. The van der Waals surface area contributed by atoms with Gasteiger partial charge in [0.2, 0.25) is 0 Å². The molecule has 0 aromatic rings. The van der Waals surface area contributed by atoms with E-state index in [9.17, 15) is 9.90 Å². The lowest BCUT2D eigenvalue weighted by Crippen LogP contribution is -2.37. The molecule has 3 atom stereocenters. The summed E-state index contributed by atoms with van der Waals surface area (Å²) in [7, 11) is 0. The summed E-state index contributed by atoms with van der Waals surface area (Å²) in [4.78, 5) is 10.5. The highest BCUT2D eigenvalue weighted by atomic mass is 16.5. The second-order valence-corrected chi connectivity index (χ2v) is 3.53. The van der Waals surface area contributed by atoms with Gasteiger partial charge in [0.25, 0.3) is 0 Å². The molecule has 3 heteroatoms. The number of aliphatic hydroxyl groups is 1. The van der Waals surface area contributed by atoms with Crippen LogP contribution in [-0.2, 0) is 9.53 Å². The van der Waals surface area contributed by atoms with Crippen LogP contribution in [0, 0.1) is 11.8 Å². The molecule has 0 aliphatic heterocycles. The van der Waals surface area contributed by atoms with E-state index in [0.29, 0.717) is 12.5 Å². The van der Waals surface area contributed by atoms with Gasteiger partial charge in [-0.25, -0.2) is 0 Å². The van der Waals surface area contributed by atoms with E-state index in [4.69, 9.17) is 4.74 Å². The van der Waals surface area contributed by atoms with Crippen molar-refractivity contribution in [2.45, 2.75) is 25.9 Å². The summed E-state index contributed by atoms with van der Waals surface area (Å²) in [6.45, 7) is 5.37. The normalized spacial score (nSPS) is 28.8.